The molecule has 0 aliphatic heterocycles. The SMILES string of the molecule is CC(C)C.COc1ccnc(C(=S)NCC(=O)OC[C@H](C)Oc2ccccc2)c1O. The number of carbonyl (C=O) groups is 1. The zero-order chi connectivity index (χ0) is 22.5. The van der Waals surface area contributed by atoms with E-state index in [2.05, 4.69) is 31.1 Å². The molecule has 1 aromatic carbocycles. The van der Waals surface area contributed by atoms with Crippen molar-refractivity contribution in [2.75, 3.05) is 20.3 Å². The lowest BCUT2D eigenvalue weighted by molar-refractivity contribution is -0.144. The largest absolute Gasteiger partial charge is 0.503 e. The molecule has 0 saturated carbocycles. The molecule has 0 fully saturated rings. The van der Waals surface area contributed by atoms with Crippen LogP contribution in [-0.2, 0) is 9.53 Å². The van der Waals surface area contributed by atoms with Crippen molar-refractivity contribution in [3.8, 4) is 17.2 Å². The highest BCUT2D eigenvalue weighted by atomic mass is 32.1. The van der Waals surface area contributed by atoms with E-state index < -0.39 is 5.97 Å². The van der Waals surface area contributed by atoms with Crippen LogP contribution >= 0.6 is 12.2 Å². The van der Waals surface area contributed by atoms with E-state index in [1.54, 1.807) is 6.92 Å². The molecule has 0 aliphatic carbocycles. The van der Waals surface area contributed by atoms with Gasteiger partial charge in [-0.2, -0.15) is 0 Å². The van der Waals surface area contributed by atoms with Gasteiger partial charge in [0.05, 0.1) is 7.11 Å². The predicted molar refractivity (Wildman–Crippen MR) is 120 cm³/mol. The van der Waals surface area contributed by atoms with Gasteiger partial charge in [0, 0.05) is 12.3 Å². The van der Waals surface area contributed by atoms with Gasteiger partial charge in [-0.05, 0) is 25.0 Å². The number of para-hydroxylation sites is 1. The maximum absolute atomic E-state index is 11.8. The van der Waals surface area contributed by atoms with Gasteiger partial charge in [0.15, 0.2) is 11.5 Å². The average molecular weight is 435 g/mol. The fourth-order valence-corrected chi connectivity index (χ4v) is 2.25. The van der Waals surface area contributed by atoms with Crippen molar-refractivity contribution < 1.29 is 24.1 Å². The molecule has 2 aromatic rings. The first-order valence-electron chi connectivity index (χ1n) is 9.62. The topological polar surface area (TPSA) is 89.9 Å². The normalized spacial score (nSPS) is 11.0. The second-order valence-electron chi connectivity index (χ2n) is 7.05. The first-order chi connectivity index (χ1) is 14.2. The molecule has 1 atom stereocenters. The molecule has 1 heterocycles. The lowest BCUT2D eigenvalue weighted by Crippen LogP contribution is -2.32. The summed E-state index contributed by atoms with van der Waals surface area (Å²) in [7, 11) is 1.42. The summed E-state index contributed by atoms with van der Waals surface area (Å²) in [4.78, 5) is 15.9. The van der Waals surface area contributed by atoms with Crippen molar-refractivity contribution in [3.63, 3.8) is 0 Å². The van der Waals surface area contributed by atoms with Crippen molar-refractivity contribution in [1.82, 2.24) is 10.3 Å². The Labute approximate surface area is 183 Å². The zero-order valence-corrected chi connectivity index (χ0v) is 18.9. The molecule has 0 amide bonds. The minimum Gasteiger partial charge on any atom is -0.503 e. The number of pyridine rings is 1. The van der Waals surface area contributed by atoms with Crippen LogP contribution < -0.4 is 14.8 Å². The van der Waals surface area contributed by atoms with E-state index in [4.69, 9.17) is 26.4 Å². The molecule has 0 radical (unpaired) electrons. The lowest BCUT2D eigenvalue weighted by atomic mass is 10.3. The Bertz CT molecular complexity index is 797. The van der Waals surface area contributed by atoms with Gasteiger partial charge in [0.1, 0.15) is 35.7 Å². The van der Waals surface area contributed by atoms with E-state index in [9.17, 15) is 9.90 Å². The average Bonchev–Trinajstić information content (AvgIpc) is 2.71. The number of thiocarbonyl (C=S) groups is 1. The number of rotatable bonds is 8. The summed E-state index contributed by atoms with van der Waals surface area (Å²) < 4.78 is 15.8. The van der Waals surface area contributed by atoms with Crippen LogP contribution in [0.25, 0.3) is 0 Å². The minimum atomic E-state index is -0.502. The lowest BCUT2D eigenvalue weighted by Gasteiger charge is -2.15. The van der Waals surface area contributed by atoms with Crippen molar-refractivity contribution >= 4 is 23.2 Å². The standard InChI is InChI=1S/C18H20N2O5S.C4H10/c1-12(25-13-6-4-3-5-7-13)11-24-15(21)10-20-18(26)16-17(22)14(23-2)8-9-19-16;1-4(2)3/h3-9,12,22H,10-11H2,1-2H3,(H,20,26);4H,1-3H3/t12-;/m0./s1. The fourth-order valence-electron chi connectivity index (χ4n) is 2.03. The highest BCUT2D eigenvalue weighted by Crippen LogP contribution is 2.27. The van der Waals surface area contributed by atoms with E-state index in [0.29, 0.717) is 5.75 Å². The van der Waals surface area contributed by atoms with Crippen LogP contribution in [0.4, 0.5) is 0 Å². The maximum Gasteiger partial charge on any atom is 0.325 e. The summed E-state index contributed by atoms with van der Waals surface area (Å²) in [6.07, 6.45) is 1.15. The second kappa shape index (κ2) is 13.4. The molecule has 7 nitrogen and oxygen atoms in total. The van der Waals surface area contributed by atoms with Gasteiger partial charge in [-0.1, -0.05) is 51.2 Å². The van der Waals surface area contributed by atoms with Crippen LogP contribution in [-0.4, -0.2) is 47.4 Å². The third kappa shape index (κ3) is 9.56. The Morgan fingerprint density at radius 1 is 1.17 bits per heavy atom. The Hall–Kier alpha value is -2.87. The molecule has 8 heteroatoms. The van der Waals surface area contributed by atoms with Crippen molar-refractivity contribution in [2.45, 2.75) is 33.8 Å². The first kappa shape index (κ1) is 25.2. The number of aromatic hydroxyl groups is 1. The molecule has 1 aromatic heterocycles. The Kier molecular flexibility index (Phi) is 11.2. The van der Waals surface area contributed by atoms with E-state index >= 15 is 0 Å². The quantitative estimate of drug-likeness (QED) is 0.480. The predicted octanol–water partition coefficient (Wildman–Crippen LogP) is 3.73. The summed E-state index contributed by atoms with van der Waals surface area (Å²) in [5, 5.41) is 12.7. The molecule has 0 unspecified atom stereocenters. The van der Waals surface area contributed by atoms with Crippen molar-refractivity contribution in [1.29, 1.82) is 0 Å². The van der Waals surface area contributed by atoms with Crippen LogP contribution in [0.3, 0.4) is 0 Å². The third-order valence-corrected chi connectivity index (χ3v) is 3.61. The number of nitrogens with zero attached hydrogens (tertiary/aromatic N) is 1. The summed E-state index contributed by atoms with van der Waals surface area (Å²) in [5.74, 6) is 1.09. The number of nitrogens with one attached hydrogen (secondary N) is 1. The molecule has 0 bridgehead atoms. The van der Waals surface area contributed by atoms with E-state index in [0.717, 1.165) is 5.92 Å². The highest BCUT2D eigenvalue weighted by Gasteiger charge is 2.15. The van der Waals surface area contributed by atoms with Gasteiger partial charge < -0.3 is 24.6 Å². The van der Waals surface area contributed by atoms with Gasteiger partial charge in [0.2, 0.25) is 0 Å². The van der Waals surface area contributed by atoms with Crippen LogP contribution in [0.1, 0.15) is 33.4 Å². The van der Waals surface area contributed by atoms with Crippen LogP contribution in [0, 0.1) is 5.92 Å². The highest BCUT2D eigenvalue weighted by molar-refractivity contribution is 7.80. The summed E-state index contributed by atoms with van der Waals surface area (Å²) in [6, 6.07) is 10.8. The van der Waals surface area contributed by atoms with Gasteiger partial charge in [-0.15, -0.1) is 0 Å². The smallest absolute Gasteiger partial charge is 0.325 e. The first-order valence-corrected chi connectivity index (χ1v) is 10.0. The van der Waals surface area contributed by atoms with Crippen LogP contribution in [0.15, 0.2) is 42.6 Å². The number of methoxy groups -OCH3 is 1. The molecular formula is C22H30N2O5S. The Morgan fingerprint density at radius 3 is 2.40 bits per heavy atom. The number of ether oxygens (including phenoxy) is 3. The van der Waals surface area contributed by atoms with E-state index in [1.807, 2.05) is 30.3 Å². The minimum absolute atomic E-state index is 0.102. The fraction of sp³-hybridized carbons (Fsp3) is 0.409. The van der Waals surface area contributed by atoms with Gasteiger partial charge >= 0.3 is 5.97 Å². The molecule has 2 rings (SSSR count). The number of benzene rings is 1. The van der Waals surface area contributed by atoms with E-state index in [-0.39, 0.29) is 41.4 Å². The maximum atomic E-state index is 11.8. The summed E-state index contributed by atoms with van der Waals surface area (Å²) in [6.45, 7) is 8.25. The van der Waals surface area contributed by atoms with Gasteiger partial charge in [-0.25, -0.2) is 4.98 Å². The molecule has 0 saturated heterocycles. The van der Waals surface area contributed by atoms with E-state index in [1.165, 1.54) is 19.4 Å². The second-order valence-corrected chi connectivity index (χ2v) is 7.46. The zero-order valence-electron chi connectivity index (χ0n) is 18.0. The van der Waals surface area contributed by atoms with Crippen molar-refractivity contribution in [3.05, 3.63) is 48.3 Å². The molecule has 2 N–H and O–H groups in total. The molecule has 0 aliphatic rings. The molecule has 0 spiro atoms. The monoisotopic (exact) mass is 434 g/mol. The molecular weight excluding hydrogens is 404 g/mol. The molecule has 164 valence electrons. The summed E-state index contributed by atoms with van der Waals surface area (Å²) >= 11 is 5.13. The number of hydrogen-bond donors (Lipinski definition) is 2. The Morgan fingerprint density at radius 2 is 1.80 bits per heavy atom. The van der Waals surface area contributed by atoms with Crippen molar-refractivity contribution in [2.24, 2.45) is 5.92 Å². The van der Waals surface area contributed by atoms with Gasteiger partial charge in [-0.3, -0.25) is 4.79 Å². The number of carbonyl (C=O) groups excluding carboxylic acids is 1. The van der Waals surface area contributed by atoms with Crippen LogP contribution in [0.5, 0.6) is 17.2 Å². The van der Waals surface area contributed by atoms with Gasteiger partial charge in [0.25, 0.3) is 0 Å². The third-order valence-electron chi connectivity index (χ3n) is 3.28. The molecule has 30 heavy (non-hydrogen) atoms. The van der Waals surface area contributed by atoms with Crippen LogP contribution in [0.2, 0.25) is 0 Å². The number of hydrogen-bond acceptors (Lipinski definition) is 7. The number of aromatic nitrogens is 1. The number of esters is 1. The summed E-state index contributed by atoms with van der Waals surface area (Å²) in [5.41, 5.74) is 0.132. The Balaban J connectivity index is 0.00000103.